The van der Waals surface area contributed by atoms with E-state index >= 15 is 0 Å². The van der Waals surface area contributed by atoms with Crippen LogP contribution in [0, 0.1) is 0 Å². The van der Waals surface area contributed by atoms with Crippen LogP contribution in [0.1, 0.15) is 30.4 Å². The number of carboxylic acids is 1. The maximum atomic E-state index is 10.3. The van der Waals surface area contributed by atoms with Gasteiger partial charge in [0.15, 0.2) is 0 Å². The molecule has 0 aliphatic heterocycles. The van der Waals surface area contributed by atoms with Gasteiger partial charge in [-0.1, -0.05) is 22.6 Å². The minimum Gasteiger partial charge on any atom is -0.474 e. The Kier molecular flexibility index (Phi) is 2.36. The van der Waals surface area contributed by atoms with Crippen LogP contribution in [0.25, 0.3) is 0 Å². The van der Waals surface area contributed by atoms with Crippen LogP contribution in [0.15, 0.2) is 4.42 Å². The van der Waals surface area contributed by atoms with Crippen molar-refractivity contribution >= 4 is 28.6 Å². The summed E-state index contributed by atoms with van der Waals surface area (Å²) >= 11 is 2.09. The second-order valence-electron chi connectivity index (χ2n) is 2.69. The average Bonchev–Trinajstić information content (AvgIpc) is 2.30. The van der Waals surface area contributed by atoms with Gasteiger partial charge in [0.05, 0.1) is 3.42 Å². The summed E-state index contributed by atoms with van der Waals surface area (Å²) < 4.78 is 4.55. The van der Waals surface area contributed by atoms with Crippen LogP contribution in [0.4, 0.5) is 0 Å². The molecule has 0 saturated carbocycles. The molecule has 0 bridgehead atoms. The van der Waals surface area contributed by atoms with E-state index in [1.165, 1.54) is 0 Å². The zero-order chi connectivity index (χ0) is 9.35. The topological polar surface area (TPSA) is 76.2 Å². The Labute approximate surface area is 82.3 Å². The molecule has 0 radical (unpaired) electrons. The third kappa shape index (κ3) is 1.93. The Morgan fingerprint density at radius 1 is 1.58 bits per heavy atom. The van der Waals surface area contributed by atoms with Crippen molar-refractivity contribution in [1.29, 1.82) is 0 Å². The molecule has 1 aromatic heterocycles. The minimum atomic E-state index is -1.20. The summed E-state index contributed by atoms with van der Waals surface area (Å²) in [4.78, 5) is 10.3. The van der Waals surface area contributed by atoms with Gasteiger partial charge in [0.2, 0.25) is 5.89 Å². The fraction of sp³-hybridized carbons (Fsp3) is 0.500. The smallest absolute Gasteiger partial charge is 0.393 e. The molecule has 0 unspecified atom stereocenters. The lowest BCUT2D eigenvalue weighted by Crippen LogP contribution is -2.06. The van der Waals surface area contributed by atoms with Crippen LogP contribution in [0.3, 0.4) is 0 Å². The molecule has 12 heavy (non-hydrogen) atoms. The van der Waals surface area contributed by atoms with Crippen molar-refractivity contribution in [2.75, 3.05) is 0 Å². The molecule has 66 valence electrons. The normalized spacial score (nSPS) is 11.6. The Hall–Kier alpha value is -0.660. The SMILES string of the molecule is CC(C)(I)c1nnc(C(=O)O)o1. The molecule has 0 atom stereocenters. The Balaban J connectivity index is 3.00. The number of aromatic nitrogens is 2. The van der Waals surface area contributed by atoms with Crippen molar-refractivity contribution < 1.29 is 14.3 Å². The molecule has 0 fully saturated rings. The first-order valence-electron chi connectivity index (χ1n) is 3.17. The Morgan fingerprint density at radius 3 is 2.42 bits per heavy atom. The van der Waals surface area contributed by atoms with E-state index in [-0.39, 0.29) is 9.31 Å². The highest BCUT2D eigenvalue weighted by Crippen LogP contribution is 2.28. The number of aromatic carboxylic acids is 1. The van der Waals surface area contributed by atoms with Crippen molar-refractivity contribution in [3.63, 3.8) is 0 Å². The van der Waals surface area contributed by atoms with E-state index in [0.29, 0.717) is 5.89 Å². The molecule has 1 heterocycles. The largest absolute Gasteiger partial charge is 0.474 e. The molecule has 1 rings (SSSR count). The van der Waals surface area contributed by atoms with E-state index in [4.69, 9.17) is 9.52 Å². The Morgan fingerprint density at radius 2 is 2.17 bits per heavy atom. The van der Waals surface area contributed by atoms with Gasteiger partial charge in [0, 0.05) is 0 Å². The average molecular weight is 282 g/mol. The molecule has 0 aliphatic carbocycles. The van der Waals surface area contributed by atoms with Gasteiger partial charge < -0.3 is 9.52 Å². The van der Waals surface area contributed by atoms with Gasteiger partial charge >= 0.3 is 11.9 Å². The number of alkyl halides is 1. The van der Waals surface area contributed by atoms with Crippen LogP contribution < -0.4 is 0 Å². The van der Waals surface area contributed by atoms with Gasteiger partial charge in [-0.25, -0.2) is 4.79 Å². The van der Waals surface area contributed by atoms with E-state index < -0.39 is 5.97 Å². The summed E-state index contributed by atoms with van der Waals surface area (Å²) in [6, 6.07) is 0. The summed E-state index contributed by atoms with van der Waals surface area (Å²) in [5, 5.41) is 15.4. The maximum Gasteiger partial charge on any atom is 0.393 e. The van der Waals surface area contributed by atoms with Gasteiger partial charge in [-0.2, -0.15) is 0 Å². The molecular formula is C6H7IN2O3. The number of halogens is 1. The molecule has 0 spiro atoms. The standard InChI is InChI=1S/C6H7IN2O3/c1-6(2,7)5-9-8-3(12-5)4(10)11/h1-2H3,(H,10,11). The van der Waals surface area contributed by atoms with Crippen LogP contribution in [-0.2, 0) is 3.42 Å². The molecular weight excluding hydrogens is 275 g/mol. The summed E-state index contributed by atoms with van der Waals surface area (Å²) in [5.74, 6) is -1.25. The molecule has 1 N–H and O–H groups in total. The fourth-order valence-corrected chi connectivity index (χ4v) is 0.768. The molecule has 0 saturated heterocycles. The van der Waals surface area contributed by atoms with Gasteiger partial charge in [-0.3, -0.25) is 0 Å². The van der Waals surface area contributed by atoms with E-state index in [0.717, 1.165) is 0 Å². The van der Waals surface area contributed by atoms with Crippen LogP contribution in [-0.4, -0.2) is 21.3 Å². The van der Waals surface area contributed by atoms with Gasteiger partial charge in [-0.15, -0.1) is 10.2 Å². The molecule has 0 aliphatic rings. The maximum absolute atomic E-state index is 10.3. The van der Waals surface area contributed by atoms with Crippen molar-refractivity contribution in [3.05, 3.63) is 11.8 Å². The van der Waals surface area contributed by atoms with E-state index in [1.54, 1.807) is 0 Å². The first kappa shape index (κ1) is 9.43. The lowest BCUT2D eigenvalue weighted by Gasteiger charge is -2.08. The second-order valence-corrected chi connectivity index (χ2v) is 5.39. The first-order chi connectivity index (χ1) is 5.41. The number of carbonyl (C=O) groups is 1. The number of carboxylic acid groups (broad SMARTS) is 1. The number of hydrogen-bond acceptors (Lipinski definition) is 4. The zero-order valence-electron chi connectivity index (χ0n) is 6.54. The second kappa shape index (κ2) is 3.00. The highest BCUT2D eigenvalue weighted by molar-refractivity contribution is 14.1. The summed E-state index contributed by atoms with van der Waals surface area (Å²) in [6.45, 7) is 3.71. The summed E-state index contributed by atoms with van der Waals surface area (Å²) in [5.41, 5.74) is 0. The third-order valence-corrected chi connectivity index (χ3v) is 1.58. The van der Waals surface area contributed by atoms with E-state index in [1.807, 2.05) is 13.8 Å². The first-order valence-corrected chi connectivity index (χ1v) is 4.25. The van der Waals surface area contributed by atoms with E-state index in [2.05, 4.69) is 32.8 Å². The Bertz CT molecular complexity index is 302. The fourth-order valence-electron chi connectivity index (χ4n) is 0.550. The number of hydrogen-bond donors (Lipinski definition) is 1. The quantitative estimate of drug-likeness (QED) is 0.656. The van der Waals surface area contributed by atoms with Crippen LogP contribution >= 0.6 is 22.6 Å². The third-order valence-electron chi connectivity index (χ3n) is 1.12. The minimum absolute atomic E-state index is 0.320. The number of rotatable bonds is 2. The summed E-state index contributed by atoms with van der Waals surface area (Å²) in [6.07, 6.45) is 0. The molecule has 1 aromatic rings. The lowest BCUT2D eigenvalue weighted by atomic mass is 10.2. The zero-order valence-corrected chi connectivity index (χ0v) is 8.69. The molecule has 6 heteroatoms. The van der Waals surface area contributed by atoms with Gasteiger partial charge in [0.25, 0.3) is 0 Å². The predicted octanol–water partition coefficient (Wildman–Crippen LogP) is 1.44. The highest BCUT2D eigenvalue weighted by atomic mass is 127. The van der Waals surface area contributed by atoms with Gasteiger partial charge in [0.1, 0.15) is 0 Å². The van der Waals surface area contributed by atoms with Crippen LogP contribution in [0.5, 0.6) is 0 Å². The molecule has 0 amide bonds. The van der Waals surface area contributed by atoms with Crippen LogP contribution in [0.2, 0.25) is 0 Å². The molecule has 5 nitrogen and oxygen atoms in total. The van der Waals surface area contributed by atoms with Crippen molar-refractivity contribution in [2.24, 2.45) is 0 Å². The van der Waals surface area contributed by atoms with Crippen molar-refractivity contribution in [3.8, 4) is 0 Å². The van der Waals surface area contributed by atoms with Crippen molar-refractivity contribution in [2.45, 2.75) is 17.3 Å². The molecule has 0 aromatic carbocycles. The lowest BCUT2D eigenvalue weighted by molar-refractivity contribution is 0.0651. The monoisotopic (exact) mass is 282 g/mol. The summed E-state index contributed by atoms with van der Waals surface area (Å²) in [7, 11) is 0. The highest BCUT2D eigenvalue weighted by Gasteiger charge is 2.25. The van der Waals surface area contributed by atoms with Crippen molar-refractivity contribution in [1.82, 2.24) is 10.2 Å². The predicted molar refractivity (Wildman–Crippen MR) is 48.3 cm³/mol. The number of nitrogens with zero attached hydrogens (tertiary/aromatic N) is 2. The van der Waals surface area contributed by atoms with E-state index in [9.17, 15) is 4.79 Å². The van der Waals surface area contributed by atoms with Gasteiger partial charge in [-0.05, 0) is 13.8 Å².